The van der Waals surface area contributed by atoms with Crippen LogP contribution in [0.4, 0.5) is 0 Å². The molecule has 0 radical (unpaired) electrons. The van der Waals surface area contributed by atoms with Crippen molar-refractivity contribution in [2.75, 3.05) is 6.54 Å². The van der Waals surface area contributed by atoms with Gasteiger partial charge < -0.3 is 4.90 Å². The fourth-order valence-corrected chi connectivity index (χ4v) is 2.17. The Morgan fingerprint density at radius 1 is 1.15 bits per heavy atom. The third-order valence-corrected chi connectivity index (χ3v) is 3.46. The van der Waals surface area contributed by atoms with Crippen molar-refractivity contribution in [3.05, 3.63) is 89.1 Å². The molecular weight excluding hydrogens is 328 g/mol. The predicted molar refractivity (Wildman–Crippen MR) is 107 cm³/mol. The molecule has 0 aliphatic rings. The molecule has 0 aliphatic heterocycles. The first-order valence-electron chi connectivity index (χ1n) is 8.06. The summed E-state index contributed by atoms with van der Waals surface area (Å²) in [6, 6.07) is 0. The summed E-state index contributed by atoms with van der Waals surface area (Å²) in [6.45, 7) is 16.6. The maximum atomic E-state index is 11.7. The predicted octanol–water partition coefficient (Wildman–Crippen LogP) is 4.78. The molecule has 2 amide bonds. The Hall–Kier alpha value is -3.08. The molecule has 0 aromatic carbocycles. The van der Waals surface area contributed by atoms with Crippen LogP contribution in [0.2, 0.25) is 0 Å². The van der Waals surface area contributed by atoms with E-state index < -0.39 is 5.91 Å². The minimum Gasteiger partial charge on any atom is -0.306 e. The average Bonchev–Trinajstić information content (AvgIpc) is 2.62. The molecule has 0 N–H and O–H groups in total. The number of carbonyl (C=O) groups excluding carboxylic acids is 2. The summed E-state index contributed by atoms with van der Waals surface area (Å²) in [4.78, 5) is 34.9. The van der Waals surface area contributed by atoms with Crippen molar-refractivity contribution in [2.24, 2.45) is 5.18 Å². The quantitative estimate of drug-likeness (QED) is 0.232. The minimum atomic E-state index is -0.967. The Balaban J connectivity index is 5.31. The van der Waals surface area contributed by atoms with Gasteiger partial charge in [0.1, 0.15) is 5.70 Å². The maximum Gasteiger partial charge on any atom is 0.333 e. The number of amides is 2. The third kappa shape index (κ3) is 7.66. The first kappa shape index (κ1) is 22.9. The highest BCUT2D eigenvalue weighted by molar-refractivity contribution is 5.96. The van der Waals surface area contributed by atoms with Crippen LogP contribution in [-0.2, 0) is 9.59 Å². The van der Waals surface area contributed by atoms with Crippen LogP contribution < -0.4 is 0 Å². The Morgan fingerprint density at radius 2 is 1.81 bits per heavy atom. The molecule has 0 atom stereocenters. The largest absolute Gasteiger partial charge is 0.333 e. The summed E-state index contributed by atoms with van der Waals surface area (Å²) >= 11 is 0. The standard InChI is InChI=1S/C21H26N2O3/c1-7-10-18(8-2)13-17(6)11-12-19(9-3)14-23(15-24)20(16(4)5)21(25)22-26/h7-12,15H,1-2,6,13-14H2,3-5H3/b12-11-,18-10+,19-9+. The molecule has 0 aromatic rings. The Kier molecular flexibility index (Phi) is 10.8. The van der Waals surface area contributed by atoms with E-state index in [-0.39, 0.29) is 12.2 Å². The lowest BCUT2D eigenvalue weighted by Gasteiger charge is -2.20. The summed E-state index contributed by atoms with van der Waals surface area (Å²) in [5.74, 6) is -0.967. The number of hydrogen-bond acceptors (Lipinski definition) is 3. The van der Waals surface area contributed by atoms with Crippen LogP contribution in [-0.4, -0.2) is 23.8 Å². The Bertz CT molecular complexity index is 703. The lowest BCUT2D eigenvalue weighted by molar-refractivity contribution is -0.122. The van der Waals surface area contributed by atoms with Gasteiger partial charge in [-0.2, -0.15) is 0 Å². The summed E-state index contributed by atoms with van der Waals surface area (Å²) in [6.07, 6.45) is 11.9. The van der Waals surface area contributed by atoms with Crippen molar-refractivity contribution < 1.29 is 9.59 Å². The molecule has 0 aromatic heterocycles. The highest BCUT2D eigenvalue weighted by atomic mass is 16.3. The van der Waals surface area contributed by atoms with Crippen LogP contribution in [0.15, 0.2) is 89.4 Å². The molecule has 0 rings (SSSR count). The number of nitrogens with zero attached hydrogens (tertiary/aromatic N) is 2. The molecule has 0 saturated carbocycles. The normalized spacial score (nSPS) is 11.7. The lowest BCUT2D eigenvalue weighted by Crippen LogP contribution is -2.28. The molecular formula is C21H26N2O3. The minimum absolute atomic E-state index is 0.00978. The maximum absolute atomic E-state index is 11.7. The van der Waals surface area contributed by atoms with Gasteiger partial charge in [0, 0.05) is 5.18 Å². The number of hydrogen-bond donors (Lipinski definition) is 0. The monoisotopic (exact) mass is 354 g/mol. The zero-order valence-corrected chi connectivity index (χ0v) is 15.7. The summed E-state index contributed by atoms with van der Waals surface area (Å²) in [7, 11) is 0. The summed E-state index contributed by atoms with van der Waals surface area (Å²) < 4.78 is 0. The highest BCUT2D eigenvalue weighted by Gasteiger charge is 2.19. The van der Waals surface area contributed by atoms with E-state index in [1.807, 2.05) is 31.2 Å². The number of carbonyl (C=O) groups is 2. The van der Waals surface area contributed by atoms with E-state index in [0.717, 1.165) is 16.7 Å². The number of rotatable bonds is 11. The van der Waals surface area contributed by atoms with Gasteiger partial charge in [-0.1, -0.05) is 61.8 Å². The van der Waals surface area contributed by atoms with Gasteiger partial charge in [-0.15, -0.1) is 4.91 Å². The van der Waals surface area contributed by atoms with Gasteiger partial charge in [0.15, 0.2) is 0 Å². The van der Waals surface area contributed by atoms with Crippen molar-refractivity contribution >= 4 is 12.3 Å². The van der Waals surface area contributed by atoms with Crippen LogP contribution in [0.25, 0.3) is 0 Å². The molecule has 5 heteroatoms. The zero-order valence-electron chi connectivity index (χ0n) is 15.7. The molecule has 0 unspecified atom stereocenters. The van der Waals surface area contributed by atoms with Gasteiger partial charge in [0.2, 0.25) is 6.41 Å². The Morgan fingerprint density at radius 3 is 2.23 bits per heavy atom. The van der Waals surface area contributed by atoms with Gasteiger partial charge >= 0.3 is 5.91 Å². The fraction of sp³-hybridized carbons (Fsp3) is 0.238. The SMILES string of the molecule is C=C/C=C(\C=C)CC(=C)/C=C\C(=C/C)CN(C=O)C(C(=O)N=O)=C(C)C. The van der Waals surface area contributed by atoms with Crippen LogP contribution in [0, 0.1) is 4.91 Å². The third-order valence-electron chi connectivity index (χ3n) is 3.46. The molecule has 5 nitrogen and oxygen atoms in total. The van der Waals surface area contributed by atoms with E-state index in [1.54, 1.807) is 26.0 Å². The molecule has 138 valence electrons. The van der Waals surface area contributed by atoms with E-state index in [1.165, 1.54) is 4.90 Å². The smallest absolute Gasteiger partial charge is 0.306 e. The second-order valence-electron chi connectivity index (χ2n) is 5.69. The summed E-state index contributed by atoms with van der Waals surface area (Å²) in [5.41, 5.74) is 3.15. The first-order chi connectivity index (χ1) is 12.3. The van der Waals surface area contributed by atoms with Crippen LogP contribution in [0.1, 0.15) is 27.2 Å². The average molecular weight is 354 g/mol. The molecule has 26 heavy (non-hydrogen) atoms. The fourth-order valence-electron chi connectivity index (χ4n) is 2.17. The van der Waals surface area contributed by atoms with Crippen molar-refractivity contribution in [1.29, 1.82) is 0 Å². The molecule has 0 spiro atoms. The number of nitroso groups, excluding NO2 is 1. The second-order valence-corrected chi connectivity index (χ2v) is 5.69. The van der Waals surface area contributed by atoms with E-state index >= 15 is 0 Å². The number of allylic oxidation sites excluding steroid dienone is 8. The summed E-state index contributed by atoms with van der Waals surface area (Å²) in [5, 5.41) is 2.42. The van der Waals surface area contributed by atoms with Gasteiger partial charge in [0.05, 0.1) is 6.54 Å². The van der Waals surface area contributed by atoms with Crippen LogP contribution in [0.3, 0.4) is 0 Å². The van der Waals surface area contributed by atoms with Crippen molar-refractivity contribution in [2.45, 2.75) is 27.2 Å². The molecule has 0 heterocycles. The molecule has 0 fully saturated rings. The van der Waals surface area contributed by atoms with Crippen LogP contribution >= 0.6 is 0 Å². The van der Waals surface area contributed by atoms with Crippen molar-refractivity contribution in [1.82, 2.24) is 4.90 Å². The van der Waals surface area contributed by atoms with Crippen molar-refractivity contribution in [3.63, 3.8) is 0 Å². The second kappa shape index (κ2) is 12.3. The highest BCUT2D eigenvalue weighted by Crippen LogP contribution is 2.16. The molecule has 0 bridgehead atoms. The zero-order chi connectivity index (χ0) is 20.1. The van der Waals surface area contributed by atoms with E-state index in [2.05, 4.69) is 24.9 Å². The van der Waals surface area contributed by atoms with Gasteiger partial charge in [-0.05, 0) is 43.9 Å². The van der Waals surface area contributed by atoms with Gasteiger partial charge in [-0.3, -0.25) is 9.59 Å². The Labute approximate surface area is 155 Å². The topological polar surface area (TPSA) is 66.8 Å². The van der Waals surface area contributed by atoms with E-state index in [4.69, 9.17) is 0 Å². The van der Waals surface area contributed by atoms with E-state index in [0.29, 0.717) is 18.4 Å². The van der Waals surface area contributed by atoms with Gasteiger partial charge in [-0.25, -0.2) is 0 Å². The molecule has 0 aliphatic carbocycles. The lowest BCUT2D eigenvalue weighted by atomic mass is 10.0. The first-order valence-corrected chi connectivity index (χ1v) is 8.06. The van der Waals surface area contributed by atoms with Crippen molar-refractivity contribution in [3.8, 4) is 0 Å². The van der Waals surface area contributed by atoms with Crippen LogP contribution in [0.5, 0.6) is 0 Å². The van der Waals surface area contributed by atoms with Gasteiger partial charge in [0.25, 0.3) is 0 Å². The molecule has 0 saturated heterocycles. The van der Waals surface area contributed by atoms with E-state index in [9.17, 15) is 14.5 Å².